The van der Waals surface area contributed by atoms with Gasteiger partial charge in [0.05, 0.1) is 18.1 Å². The van der Waals surface area contributed by atoms with Crippen molar-refractivity contribution in [2.75, 3.05) is 6.61 Å². The highest BCUT2D eigenvalue weighted by atomic mass is 32.2. The third-order valence-corrected chi connectivity index (χ3v) is 5.43. The van der Waals surface area contributed by atoms with Crippen LogP contribution in [0.1, 0.15) is 25.0 Å². The fourth-order valence-corrected chi connectivity index (χ4v) is 3.63. The molecule has 0 radical (unpaired) electrons. The van der Waals surface area contributed by atoms with Gasteiger partial charge in [-0.15, -0.1) is 11.8 Å². The van der Waals surface area contributed by atoms with Gasteiger partial charge >= 0.3 is 0 Å². The van der Waals surface area contributed by atoms with Crippen molar-refractivity contribution >= 4 is 23.9 Å². The average molecular weight is 435 g/mol. The lowest BCUT2D eigenvalue weighted by atomic mass is 10.2. The van der Waals surface area contributed by atoms with Crippen LogP contribution in [0.2, 0.25) is 0 Å². The molecule has 0 aliphatic heterocycles. The summed E-state index contributed by atoms with van der Waals surface area (Å²) in [6, 6.07) is 25.4. The Morgan fingerprint density at radius 2 is 1.71 bits per heavy atom. The van der Waals surface area contributed by atoms with Crippen molar-refractivity contribution in [3.8, 4) is 11.5 Å². The van der Waals surface area contributed by atoms with E-state index in [1.807, 2.05) is 92.7 Å². The predicted octanol–water partition coefficient (Wildman–Crippen LogP) is 5.30. The van der Waals surface area contributed by atoms with Gasteiger partial charge in [-0.3, -0.25) is 4.79 Å². The van der Waals surface area contributed by atoms with Crippen LogP contribution in [0.15, 0.2) is 88.9 Å². The summed E-state index contributed by atoms with van der Waals surface area (Å²) < 4.78 is 11.6. The maximum Gasteiger partial charge on any atom is 0.253 e. The summed E-state index contributed by atoms with van der Waals surface area (Å²) in [7, 11) is 0. The molecule has 3 rings (SSSR count). The molecule has 0 fully saturated rings. The highest BCUT2D eigenvalue weighted by molar-refractivity contribution is 8.00. The number of rotatable bonds is 10. The summed E-state index contributed by atoms with van der Waals surface area (Å²) in [4.78, 5) is 13.3. The van der Waals surface area contributed by atoms with Gasteiger partial charge in [0.15, 0.2) is 11.5 Å². The quantitative estimate of drug-likeness (QED) is 0.267. The van der Waals surface area contributed by atoms with Crippen molar-refractivity contribution < 1.29 is 14.3 Å². The van der Waals surface area contributed by atoms with Crippen LogP contribution in [0.25, 0.3) is 0 Å². The van der Waals surface area contributed by atoms with E-state index in [1.165, 1.54) is 11.8 Å². The van der Waals surface area contributed by atoms with E-state index in [0.717, 1.165) is 16.0 Å². The molecular weight excluding hydrogens is 408 g/mol. The van der Waals surface area contributed by atoms with Crippen molar-refractivity contribution in [1.29, 1.82) is 0 Å². The lowest BCUT2D eigenvalue weighted by Gasteiger charge is -2.12. The van der Waals surface area contributed by atoms with Crippen molar-refractivity contribution in [2.24, 2.45) is 5.10 Å². The number of carbonyl (C=O) groups is 1. The molecule has 0 saturated carbocycles. The molecule has 1 atom stereocenters. The molecular formula is C25H26N2O3S. The molecule has 0 bridgehead atoms. The molecule has 3 aromatic carbocycles. The number of benzene rings is 3. The Morgan fingerprint density at radius 1 is 1.00 bits per heavy atom. The first-order valence-corrected chi connectivity index (χ1v) is 11.0. The average Bonchev–Trinajstić information content (AvgIpc) is 2.80. The number of carbonyl (C=O) groups excluding carboxylic acids is 1. The second kappa shape index (κ2) is 11.8. The summed E-state index contributed by atoms with van der Waals surface area (Å²) in [6.07, 6.45) is 1.60. The van der Waals surface area contributed by atoms with Gasteiger partial charge in [-0.2, -0.15) is 5.10 Å². The number of nitrogens with one attached hydrogen (secondary N) is 1. The van der Waals surface area contributed by atoms with E-state index < -0.39 is 0 Å². The SMILES string of the molecule is CCOc1cc(/C=N\NC(=O)[C@@H](C)Sc2ccccc2)ccc1OCc1ccccc1. The van der Waals surface area contributed by atoms with Crippen LogP contribution in [-0.4, -0.2) is 24.0 Å². The summed E-state index contributed by atoms with van der Waals surface area (Å²) in [6.45, 7) is 4.76. The topological polar surface area (TPSA) is 59.9 Å². The first kappa shape index (κ1) is 22.4. The second-order valence-corrected chi connectivity index (χ2v) is 8.14. The first-order valence-electron chi connectivity index (χ1n) is 10.1. The summed E-state index contributed by atoms with van der Waals surface area (Å²) in [5, 5.41) is 3.84. The van der Waals surface area contributed by atoms with Crippen molar-refractivity contribution in [3.63, 3.8) is 0 Å². The standard InChI is InChI=1S/C25H26N2O3S/c1-3-29-24-16-21(14-15-23(24)30-18-20-10-6-4-7-11-20)17-26-27-25(28)19(2)31-22-12-8-5-9-13-22/h4-17,19H,3,18H2,1-2H3,(H,27,28)/b26-17-/t19-/m1/s1. The van der Waals surface area contributed by atoms with E-state index >= 15 is 0 Å². The van der Waals surface area contributed by atoms with Gasteiger partial charge in [-0.25, -0.2) is 5.43 Å². The highest BCUT2D eigenvalue weighted by Gasteiger charge is 2.13. The Hall–Kier alpha value is -3.25. The van der Waals surface area contributed by atoms with E-state index in [9.17, 15) is 4.79 Å². The number of hydrogen-bond donors (Lipinski definition) is 1. The monoisotopic (exact) mass is 434 g/mol. The van der Waals surface area contributed by atoms with Gasteiger partial charge in [0.1, 0.15) is 6.61 Å². The van der Waals surface area contributed by atoms with E-state index in [2.05, 4.69) is 10.5 Å². The Morgan fingerprint density at radius 3 is 2.42 bits per heavy atom. The molecule has 0 aliphatic rings. The molecule has 6 heteroatoms. The molecule has 3 aromatic rings. The van der Waals surface area contributed by atoms with Crippen LogP contribution in [0, 0.1) is 0 Å². The normalized spacial score (nSPS) is 11.8. The Labute approximate surface area is 187 Å². The lowest BCUT2D eigenvalue weighted by Crippen LogP contribution is -2.26. The fourth-order valence-electron chi connectivity index (χ4n) is 2.75. The minimum atomic E-state index is -0.257. The van der Waals surface area contributed by atoms with E-state index in [0.29, 0.717) is 24.7 Å². The van der Waals surface area contributed by atoms with Gasteiger partial charge in [0.2, 0.25) is 0 Å². The van der Waals surface area contributed by atoms with Crippen LogP contribution < -0.4 is 14.9 Å². The van der Waals surface area contributed by atoms with Gasteiger partial charge in [0.25, 0.3) is 5.91 Å². The zero-order chi connectivity index (χ0) is 21.9. The Kier molecular flexibility index (Phi) is 8.55. The molecule has 0 heterocycles. The summed E-state index contributed by atoms with van der Waals surface area (Å²) >= 11 is 1.49. The minimum Gasteiger partial charge on any atom is -0.490 e. The predicted molar refractivity (Wildman–Crippen MR) is 126 cm³/mol. The maximum absolute atomic E-state index is 12.3. The smallest absolute Gasteiger partial charge is 0.253 e. The van der Waals surface area contributed by atoms with E-state index in [1.54, 1.807) is 6.21 Å². The van der Waals surface area contributed by atoms with Gasteiger partial charge < -0.3 is 9.47 Å². The minimum absolute atomic E-state index is 0.155. The van der Waals surface area contributed by atoms with Crippen LogP contribution in [0.3, 0.4) is 0 Å². The number of hydrogen-bond acceptors (Lipinski definition) is 5. The summed E-state index contributed by atoms with van der Waals surface area (Å²) in [5.41, 5.74) is 4.49. The van der Waals surface area contributed by atoms with Crippen molar-refractivity contribution in [2.45, 2.75) is 30.6 Å². The van der Waals surface area contributed by atoms with Gasteiger partial charge in [0, 0.05) is 4.90 Å². The van der Waals surface area contributed by atoms with Crippen LogP contribution in [0.5, 0.6) is 11.5 Å². The third kappa shape index (κ3) is 7.19. The molecule has 0 aromatic heterocycles. The number of hydrazone groups is 1. The van der Waals surface area contributed by atoms with Crippen LogP contribution in [0.4, 0.5) is 0 Å². The van der Waals surface area contributed by atoms with E-state index in [-0.39, 0.29) is 11.2 Å². The molecule has 1 N–H and O–H groups in total. The maximum atomic E-state index is 12.3. The molecule has 0 spiro atoms. The fraction of sp³-hybridized carbons (Fsp3) is 0.200. The molecule has 31 heavy (non-hydrogen) atoms. The number of nitrogens with zero attached hydrogens (tertiary/aromatic N) is 1. The van der Waals surface area contributed by atoms with Crippen LogP contribution >= 0.6 is 11.8 Å². The zero-order valence-corrected chi connectivity index (χ0v) is 18.5. The second-order valence-electron chi connectivity index (χ2n) is 6.72. The first-order chi connectivity index (χ1) is 15.2. The van der Waals surface area contributed by atoms with Gasteiger partial charge in [-0.05, 0) is 55.3 Å². The number of ether oxygens (including phenoxy) is 2. The molecule has 5 nitrogen and oxygen atoms in total. The third-order valence-electron chi connectivity index (χ3n) is 4.32. The molecule has 160 valence electrons. The van der Waals surface area contributed by atoms with Crippen molar-refractivity contribution in [3.05, 3.63) is 90.0 Å². The Bertz CT molecular complexity index is 994. The number of amides is 1. The molecule has 0 unspecified atom stereocenters. The molecule has 0 saturated heterocycles. The Balaban J connectivity index is 1.58. The highest BCUT2D eigenvalue weighted by Crippen LogP contribution is 2.29. The number of thioether (sulfide) groups is 1. The van der Waals surface area contributed by atoms with Crippen molar-refractivity contribution in [1.82, 2.24) is 5.43 Å². The largest absolute Gasteiger partial charge is 0.490 e. The summed E-state index contributed by atoms with van der Waals surface area (Å²) in [5.74, 6) is 1.15. The van der Waals surface area contributed by atoms with Gasteiger partial charge in [-0.1, -0.05) is 48.5 Å². The lowest BCUT2D eigenvalue weighted by molar-refractivity contribution is -0.120. The van der Waals surface area contributed by atoms with E-state index in [4.69, 9.17) is 9.47 Å². The molecule has 1 amide bonds. The van der Waals surface area contributed by atoms with Crippen LogP contribution in [-0.2, 0) is 11.4 Å². The zero-order valence-electron chi connectivity index (χ0n) is 17.7. The molecule has 0 aliphatic carbocycles.